The Morgan fingerprint density at radius 1 is 1.34 bits per heavy atom. The number of aromatic nitrogens is 1. The van der Waals surface area contributed by atoms with Crippen molar-refractivity contribution >= 4 is 52.1 Å². The third-order valence-corrected chi connectivity index (χ3v) is 5.80. The first-order valence-corrected chi connectivity index (χ1v) is 10.0. The number of aryl methyl sites for hydroxylation is 1. The number of halogens is 2. The van der Waals surface area contributed by atoms with Gasteiger partial charge in [-0.3, -0.25) is 14.5 Å². The number of nitrogens with zero attached hydrogens (tertiary/aromatic N) is 3. The number of pyridine rings is 1. The minimum atomic E-state index is -0.699. The molecule has 150 valence electrons. The molecule has 9 heteroatoms. The van der Waals surface area contributed by atoms with Crippen LogP contribution in [0, 0.1) is 12.7 Å². The van der Waals surface area contributed by atoms with Crippen LogP contribution < -0.4 is 10.2 Å². The van der Waals surface area contributed by atoms with Crippen LogP contribution in [0.25, 0.3) is 0 Å². The molecule has 2 aromatic rings. The quantitative estimate of drug-likeness (QED) is 0.744. The van der Waals surface area contributed by atoms with E-state index in [1.165, 1.54) is 23.2 Å². The third kappa shape index (κ3) is 3.58. The smallest absolute Gasteiger partial charge is 0.277 e. The van der Waals surface area contributed by atoms with E-state index in [1.54, 1.807) is 19.1 Å². The lowest BCUT2D eigenvalue weighted by molar-refractivity contribution is -0.120. The fourth-order valence-electron chi connectivity index (χ4n) is 3.67. The molecular weight excluding hydrogens is 415 g/mol. The SMILES string of the molecule is Cc1cnc(C(=O)Nc2ccc(N3C(=O)C4CCCCN4C3=S)c(Cl)c2)c(F)c1. The predicted molar refractivity (Wildman–Crippen MR) is 113 cm³/mol. The summed E-state index contributed by atoms with van der Waals surface area (Å²) < 4.78 is 14.0. The summed E-state index contributed by atoms with van der Waals surface area (Å²) in [5.74, 6) is -1.47. The molecule has 1 aromatic carbocycles. The van der Waals surface area contributed by atoms with E-state index in [0.29, 0.717) is 22.1 Å². The summed E-state index contributed by atoms with van der Waals surface area (Å²) in [6.07, 6.45) is 4.19. The van der Waals surface area contributed by atoms with Crippen molar-refractivity contribution in [2.45, 2.75) is 32.2 Å². The summed E-state index contributed by atoms with van der Waals surface area (Å²) in [7, 11) is 0. The van der Waals surface area contributed by atoms with Gasteiger partial charge in [0.05, 0.1) is 10.7 Å². The number of benzene rings is 1. The minimum absolute atomic E-state index is 0.0840. The summed E-state index contributed by atoms with van der Waals surface area (Å²) >= 11 is 11.9. The van der Waals surface area contributed by atoms with Crippen molar-refractivity contribution < 1.29 is 14.0 Å². The van der Waals surface area contributed by atoms with E-state index in [0.717, 1.165) is 25.8 Å². The maximum Gasteiger partial charge on any atom is 0.277 e. The molecule has 2 aliphatic rings. The molecule has 2 fully saturated rings. The summed E-state index contributed by atoms with van der Waals surface area (Å²) in [6.45, 7) is 2.44. The Morgan fingerprint density at radius 2 is 2.14 bits per heavy atom. The number of hydrogen-bond donors (Lipinski definition) is 1. The van der Waals surface area contributed by atoms with Gasteiger partial charge < -0.3 is 10.2 Å². The number of amides is 2. The highest BCUT2D eigenvalue weighted by molar-refractivity contribution is 7.80. The zero-order valence-corrected chi connectivity index (χ0v) is 17.2. The lowest BCUT2D eigenvalue weighted by atomic mass is 10.0. The normalized spacial score (nSPS) is 18.8. The third-order valence-electron chi connectivity index (χ3n) is 5.08. The molecule has 0 bridgehead atoms. The van der Waals surface area contributed by atoms with Crippen molar-refractivity contribution in [1.82, 2.24) is 9.88 Å². The summed E-state index contributed by atoms with van der Waals surface area (Å²) in [4.78, 5) is 32.4. The van der Waals surface area contributed by atoms with Crippen LogP contribution in [0.5, 0.6) is 0 Å². The van der Waals surface area contributed by atoms with Crippen molar-refractivity contribution in [2.75, 3.05) is 16.8 Å². The molecule has 2 saturated heterocycles. The molecule has 6 nitrogen and oxygen atoms in total. The molecule has 1 N–H and O–H groups in total. The summed E-state index contributed by atoms with van der Waals surface area (Å²) in [5.41, 5.74) is 1.15. The molecule has 29 heavy (non-hydrogen) atoms. The Labute approximate surface area is 177 Å². The molecule has 2 aliphatic heterocycles. The maximum atomic E-state index is 14.0. The molecule has 4 rings (SSSR count). The Kier molecular flexibility index (Phi) is 5.23. The first kappa shape index (κ1) is 19.7. The van der Waals surface area contributed by atoms with Gasteiger partial charge in [-0.25, -0.2) is 9.37 Å². The van der Waals surface area contributed by atoms with Gasteiger partial charge >= 0.3 is 0 Å². The Bertz CT molecular complexity index is 1010. The van der Waals surface area contributed by atoms with E-state index in [4.69, 9.17) is 23.8 Å². The van der Waals surface area contributed by atoms with Crippen LogP contribution in [0.1, 0.15) is 35.3 Å². The van der Waals surface area contributed by atoms with E-state index < -0.39 is 11.7 Å². The van der Waals surface area contributed by atoms with Gasteiger partial charge in [-0.15, -0.1) is 0 Å². The van der Waals surface area contributed by atoms with Crippen molar-refractivity contribution in [3.05, 3.63) is 52.6 Å². The highest BCUT2D eigenvalue weighted by atomic mass is 35.5. The maximum absolute atomic E-state index is 14.0. The summed E-state index contributed by atoms with van der Waals surface area (Å²) in [5, 5.41) is 3.29. The highest BCUT2D eigenvalue weighted by Gasteiger charge is 2.44. The van der Waals surface area contributed by atoms with Crippen LogP contribution >= 0.6 is 23.8 Å². The van der Waals surface area contributed by atoms with E-state index in [1.807, 2.05) is 4.90 Å². The second-order valence-electron chi connectivity index (χ2n) is 7.12. The number of thiocarbonyl (C=S) groups is 1. The van der Waals surface area contributed by atoms with Gasteiger partial charge in [0.15, 0.2) is 16.6 Å². The number of piperidine rings is 1. The second-order valence-corrected chi connectivity index (χ2v) is 7.90. The number of anilines is 2. The van der Waals surface area contributed by atoms with E-state index in [2.05, 4.69) is 10.3 Å². The number of carbonyl (C=O) groups is 2. The van der Waals surface area contributed by atoms with E-state index in [-0.39, 0.29) is 22.7 Å². The van der Waals surface area contributed by atoms with Crippen LogP contribution in [0.2, 0.25) is 5.02 Å². The average Bonchev–Trinajstić information content (AvgIpc) is 2.93. The highest BCUT2D eigenvalue weighted by Crippen LogP contribution is 2.36. The van der Waals surface area contributed by atoms with Crippen LogP contribution in [-0.2, 0) is 4.79 Å². The fraction of sp³-hybridized carbons (Fsp3) is 0.300. The van der Waals surface area contributed by atoms with Crippen LogP contribution in [0.3, 0.4) is 0 Å². The Balaban J connectivity index is 1.56. The molecule has 1 aromatic heterocycles. The number of hydrogen-bond acceptors (Lipinski definition) is 4. The zero-order chi connectivity index (χ0) is 20.7. The van der Waals surface area contributed by atoms with Gasteiger partial charge in [0.25, 0.3) is 11.8 Å². The van der Waals surface area contributed by atoms with Crippen LogP contribution in [-0.4, -0.2) is 39.4 Å². The van der Waals surface area contributed by atoms with Gasteiger partial charge in [-0.2, -0.15) is 0 Å². The topological polar surface area (TPSA) is 65.5 Å². The van der Waals surface area contributed by atoms with Crippen molar-refractivity contribution in [1.29, 1.82) is 0 Å². The molecule has 1 unspecified atom stereocenters. The van der Waals surface area contributed by atoms with Gasteiger partial charge in [-0.1, -0.05) is 11.6 Å². The fourth-order valence-corrected chi connectivity index (χ4v) is 4.34. The monoisotopic (exact) mass is 432 g/mol. The first-order valence-electron chi connectivity index (χ1n) is 9.24. The minimum Gasteiger partial charge on any atom is -0.336 e. The van der Waals surface area contributed by atoms with Crippen molar-refractivity contribution in [3.8, 4) is 0 Å². The molecular formula is C20H18ClFN4O2S. The van der Waals surface area contributed by atoms with Crippen molar-refractivity contribution in [3.63, 3.8) is 0 Å². The van der Waals surface area contributed by atoms with Crippen LogP contribution in [0.4, 0.5) is 15.8 Å². The molecule has 0 saturated carbocycles. The largest absolute Gasteiger partial charge is 0.336 e. The molecule has 0 aliphatic carbocycles. The lowest BCUT2D eigenvalue weighted by Crippen LogP contribution is -2.38. The Hall–Kier alpha value is -2.58. The lowest BCUT2D eigenvalue weighted by Gasteiger charge is -2.28. The van der Waals surface area contributed by atoms with Gasteiger partial charge in [0.1, 0.15) is 6.04 Å². The van der Waals surface area contributed by atoms with Crippen LogP contribution in [0.15, 0.2) is 30.5 Å². The molecule has 2 amide bonds. The Morgan fingerprint density at radius 3 is 2.83 bits per heavy atom. The predicted octanol–water partition coefficient (Wildman–Crippen LogP) is 3.92. The van der Waals surface area contributed by atoms with Gasteiger partial charge in [-0.05, 0) is 68.2 Å². The molecule has 0 spiro atoms. The first-order chi connectivity index (χ1) is 13.9. The molecule has 1 atom stereocenters. The van der Waals surface area contributed by atoms with E-state index >= 15 is 0 Å². The molecule has 3 heterocycles. The van der Waals surface area contributed by atoms with E-state index in [9.17, 15) is 14.0 Å². The second kappa shape index (κ2) is 7.68. The van der Waals surface area contributed by atoms with Crippen molar-refractivity contribution in [2.24, 2.45) is 0 Å². The average molecular weight is 433 g/mol. The summed E-state index contributed by atoms with van der Waals surface area (Å²) in [6, 6.07) is 5.74. The van der Waals surface area contributed by atoms with Gasteiger partial charge in [0.2, 0.25) is 0 Å². The standard InChI is InChI=1S/C20H18ClFN4O2S/c1-11-8-14(22)17(23-10-11)18(27)24-12-5-6-15(13(21)9-12)26-19(28)16-4-2-3-7-25(16)20(26)29/h5-6,8-10,16H,2-4,7H2,1H3,(H,24,27). The number of nitrogens with one attached hydrogen (secondary N) is 1. The van der Waals surface area contributed by atoms with Gasteiger partial charge in [0, 0.05) is 18.4 Å². The number of carbonyl (C=O) groups excluding carboxylic acids is 2. The molecule has 0 radical (unpaired) electrons. The number of fused-ring (bicyclic) bond motifs is 1. The zero-order valence-electron chi connectivity index (χ0n) is 15.6. The number of rotatable bonds is 3.